The molecule has 0 radical (unpaired) electrons. The number of carbonyl (C=O) groups excluding carboxylic acids is 1. The van der Waals surface area contributed by atoms with Gasteiger partial charge in [-0.1, -0.05) is 11.8 Å². The zero-order chi connectivity index (χ0) is 16.9. The van der Waals surface area contributed by atoms with Gasteiger partial charge in [-0.2, -0.15) is 0 Å². The van der Waals surface area contributed by atoms with Gasteiger partial charge in [0.1, 0.15) is 6.61 Å². The van der Waals surface area contributed by atoms with Gasteiger partial charge in [0.05, 0.1) is 12.4 Å². The molecule has 0 bridgehead atoms. The predicted octanol–water partition coefficient (Wildman–Crippen LogP) is 0.908. The number of hydrogen-bond donors (Lipinski definition) is 2. The van der Waals surface area contributed by atoms with Crippen LogP contribution in [-0.2, 0) is 19.0 Å². The fourth-order valence-corrected chi connectivity index (χ4v) is 2.77. The molecule has 0 saturated carbocycles. The first-order chi connectivity index (χ1) is 10.9. The van der Waals surface area contributed by atoms with Gasteiger partial charge in [0.15, 0.2) is 17.5 Å². The van der Waals surface area contributed by atoms with Crippen LogP contribution in [0.3, 0.4) is 0 Å². The van der Waals surface area contributed by atoms with E-state index in [1.807, 2.05) is 0 Å². The number of ether oxygens (including phenoxy) is 3. The maximum absolute atomic E-state index is 12.0. The maximum Gasteiger partial charge on any atom is 0.202 e. The predicted molar refractivity (Wildman–Crippen MR) is 82.2 cm³/mol. The van der Waals surface area contributed by atoms with Gasteiger partial charge in [0.25, 0.3) is 0 Å². The molecule has 1 fully saturated rings. The van der Waals surface area contributed by atoms with Crippen molar-refractivity contribution in [1.82, 2.24) is 0 Å². The Labute approximate surface area is 136 Å². The average Bonchev–Trinajstić information content (AvgIpc) is 2.77. The number of ketones is 1. The van der Waals surface area contributed by atoms with E-state index >= 15 is 0 Å². The summed E-state index contributed by atoms with van der Waals surface area (Å²) in [5.41, 5.74) is -2.93. The maximum atomic E-state index is 12.0. The first-order valence-corrected chi connectivity index (χ1v) is 7.85. The van der Waals surface area contributed by atoms with Crippen molar-refractivity contribution in [2.75, 3.05) is 19.8 Å². The molecule has 6 heteroatoms. The van der Waals surface area contributed by atoms with Crippen molar-refractivity contribution in [1.29, 1.82) is 0 Å². The summed E-state index contributed by atoms with van der Waals surface area (Å²) < 4.78 is 16.4. The van der Waals surface area contributed by atoms with Crippen LogP contribution in [-0.4, -0.2) is 53.3 Å². The SMILES string of the molecule is CC1=CC(=O)C(C)(C[C@@](O)(C#CCOC2CCCCO2)CO)O1. The minimum absolute atomic E-state index is 0.0930. The summed E-state index contributed by atoms with van der Waals surface area (Å²) in [6.07, 6.45) is 3.94. The van der Waals surface area contributed by atoms with Crippen molar-refractivity contribution >= 4 is 5.78 Å². The van der Waals surface area contributed by atoms with E-state index in [0.717, 1.165) is 19.3 Å². The van der Waals surface area contributed by atoms with Crippen LogP contribution >= 0.6 is 0 Å². The molecule has 2 unspecified atom stereocenters. The molecule has 2 heterocycles. The standard InChI is InChI=1S/C17H24O6/c1-13-10-14(19)16(2,23-13)11-17(20,12-18)7-5-9-22-15-6-3-4-8-21-15/h10,15,18,20H,3-4,6,8-9,11-12H2,1-2H3/t15?,16?,17-/m0/s1. The monoisotopic (exact) mass is 324 g/mol. The fraction of sp³-hybridized carbons (Fsp3) is 0.706. The van der Waals surface area contributed by atoms with Crippen molar-refractivity contribution in [3.8, 4) is 11.8 Å². The first-order valence-electron chi connectivity index (χ1n) is 7.85. The number of aliphatic hydroxyl groups excluding tert-OH is 1. The van der Waals surface area contributed by atoms with Crippen LogP contribution < -0.4 is 0 Å². The van der Waals surface area contributed by atoms with Crippen molar-refractivity contribution < 1.29 is 29.2 Å². The highest BCUT2D eigenvalue weighted by Crippen LogP contribution is 2.32. The molecule has 0 aromatic carbocycles. The van der Waals surface area contributed by atoms with E-state index in [9.17, 15) is 15.0 Å². The van der Waals surface area contributed by atoms with Gasteiger partial charge in [-0.15, -0.1) is 0 Å². The lowest BCUT2D eigenvalue weighted by Crippen LogP contribution is -2.45. The third kappa shape index (κ3) is 4.79. The van der Waals surface area contributed by atoms with Crippen LogP contribution in [0.4, 0.5) is 0 Å². The molecule has 0 aromatic heterocycles. The van der Waals surface area contributed by atoms with Crippen LogP contribution in [0.25, 0.3) is 0 Å². The van der Waals surface area contributed by atoms with Crippen LogP contribution in [0.2, 0.25) is 0 Å². The number of hydrogen-bond acceptors (Lipinski definition) is 6. The molecule has 6 nitrogen and oxygen atoms in total. The molecule has 2 aliphatic heterocycles. The first kappa shape index (κ1) is 18.0. The molecule has 23 heavy (non-hydrogen) atoms. The van der Waals surface area contributed by atoms with Gasteiger partial charge in [-0.05, 0) is 33.1 Å². The third-order valence-corrected chi connectivity index (χ3v) is 3.93. The molecule has 0 aromatic rings. The zero-order valence-corrected chi connectivity index (χ0v) is 13.6. The van der Waals surface area contributed by atoms with Gasteiger partial charge in [0.2, 0.25) is 5.78 Å². The molecular weight excluding hydrogens is 300 g/mol. The number of allylic oxidation sites excluding steroid dienone is 1. The van der Waals surface area contributed by atoms with E-state index in [1.165, 1.54) is 6.08 Å². The molecule has 2 aliphatic rings. The quantitative estimate of drug-likeness (QED) is 0.731. The number of rotatable bonds is 5. The fourth-order valence-electron chi connectivity index (χ4n) is 2.77. The summed E-state index contributed by atoms with van der Waals surface area (Å²) in [5.74, 6) is 5.54. The van der Waals surface area contributed by atoms with Crippen LogP contribution in [0, 0.1) is 11.8 Å². The van der Waals surface area contributed by atoms with E-state index in [1.54, 1.807) is 13.8 Å². The number of aliphatic hydroxyl groups is 2. The lowest BCUT2D eigenvalue weighted by atomic mass is 9.86. The normalized spacial score (nSPS) is 30.0. The molecular formula is C17H24O6. The van der Waals surface area contributed by atoms with E-state index in [0.29, 0.717) is 12.4 Å². The smallest absolute Gasteiger partial charge is 0.202 e. The van der Waals surface area contributed by atoms with Crippen molar-refractivity contribution in [3.63, 3.8) is 0 Å². The Kier molecular flexibility index (Phi) is 5.82. The minimum atomic E-state index is -1.72. The Hall–Kier alpha value is -1.39. The molecule has 128 valence electrons. The van der Waals surface area contributed by atoms with Crippen molar-refractivity contribution in [2.45, 2.75) is 57.0 Å². The van der Waals surface area contributed by atoms with E-state index in [-0.39, 0.29) is 25.1 Å². The summed E-state index contributed by atoms with van der Waals surface area (Å²) in [7, 11) is 0. The summed E-state index contributed by atoms with van der Waals surface area (Å²) in [4.78, 5) is 12.0. The molecule has 1 saturated heterocycles. The summed E-state index contributed by atoms with van der Waals surface area (Å²) in [6.45, 7) is 3.44. The molecule has 2 N–H and O–H groups in total. The second-order valence-electron chi connectivity index (χ2n) is 6.23. The zero-order valence-electron chi connectivity index (χ0n) is 13.6. The largest absolute Gasteiger partial charge is 0.484 e. The number of carbonyl (C=O) groups is 1. The van der Waals surface area contributed by atoms with E-state index in [4.69, 9.17) is 14.2 Å². The summed E-state index contributed by atoms with van der Waals surface area (Å²) >= 11 is 0. The third-order valence-electron chi connectivity index (χ3n) is 3.93. The molecule has 0 aliphatic carbocycles. The van der Waals surface area contributed by atoms with Crippen LogP contribution in [0.1, 0.15) is 39.5 Å². The van der Waals surface area contributed by atoms with Gasteiger partial charge in [-0.3, -0.25) is 4.79 Å². The molecule has 0 amide bonds. The summed E-state index contributed by atoms with van der Waals surface area (Å²) in [6, 6.07) is 0. The van der Waals surface area contributed by atoms with E-state index < -0.39 is 17.8 Å². The molecule has 2 rings (SSSR count). The van der Waals surface area contributed by atoms with Crippen molar-refractivity contribution in [3.05, 3.63) is 11.8 Å². The minimum Gasteiger partial charge on any atom is -0.484 e. The van der Waals surface area contributed by atoms with Gasteiger partial charge in [0, 0.05) is 19.1 Å². The lowest BCUT2D eigenvalue weighted by molar-refractivity contribution is -0.154. The Balaban J connectivity index is 1.90. The Bertz CT molecular complexity index is 525. The van der Waals surface area contributed by atoms with Gasteiger partial charge >= 0.3 is 0 Å². The Morgan fingerprint density at radius 2 is 2.30 bits per heavy atom. The molecule has 0 spiro atoms. The molecule has 3 atom stereocenters. The Morgan fingerprint density at radius 3 is 2.87 bits per heavy atom. The highest BCUT2D eigenvalue weighted by molar-refractivity contribution is 5.99. The van der Waals surface area contributed by atoms with Gasteiger partial charge < -0.3 is 24.4 Å². The Morgan fingerprint density at radius 1 is 1.52 bits per heavy atom. The second-order valence-corrected chi connectivity index (χ2v) is 6.23. The second kappa shape index (κ2) is 7.45. The highest BCUT2D eigenvalue weighted by atomic mass is 16.7. The van der Waals surface area contributed by atoms with Crippen LogP contribution in [0.5, 0.6) is 0 Å². The van der Waals surface area contributed by atoms with E-state index in [2.05, 4.69) is 11.8 Å². The highest BCUT2D eigenvalue weighted by Gasteiger charge is 2.45. The average molecular weight is 324 g/mol. The van der Waals surface area contributed by atoms with Gasteiger partial charge in [-0.25, -0.2) is 0 Å². The van der Waals surface area contributed by atoms with Crippen molar-refractivity contribution in [2.24, 2.45) is 0 Å². The topological polar surface area (TPSA) is 85.2 Å². The lowest BCUT2D eigenvalue weighted by Gasteiger charge is -2.30. The summed E-state index contributed by atoms with van der Waals surface area (Å²) in [5, 5.41) is 19.9. The van der Waals surface area contributed by atoms with Crippen LogP contribution in [0.15, 0.2) is 11.8 Å².